The van der Waals surface area contributed by atoms with E-state index in [0.717, 1.165) is 5.56 Å². The Balaban J connectivity index is 2.50. The van der Waals surface area contributed by atoms with Crippen molar-refractivity contribution >= 4 is 24.4 Å². The molecule has 0 atom stereocenters. The van der Waals surface area contributed by atoms with Gasteiger partial charge in [0.2, 0.25) is 0 Å². The van der Waals surface area contributed by atoms with Crippen LogP contribution in [0.5, 0.6) is 0 Å². The predicted molar refractivity (Wildman–Crippen MR) is 75.2 cm³/mol. The molecule has 0 N–H and O–H groups in total. The summed E-state index contributed by atoms with van der Waals surface area (Å²) in [6, 6.07) is 7.96. The van der Waals surface area contributed by atoms with Crippen molar-refractivity contribution in [1.29, 1.82) is 0 Å². The first kappa shape index (κ1) is 12.8. The average Bonchev–Trinajstić information content (AvgIpc) is 2.65. The van der Waals surface area contributed by atoms with Crippen molar-refractivity contribution in [2.45, 2.75) is 18.4 Å². The Morgan fingerprint density at radius 3 is 2.56 bits per heavy atom. The van der Waals surface area contributed by atoms with Gasteiger partial charge in [0.15, 0.2) is 11.0 Å². The molecule has 1 aromatic heterocycles. The van der Waals surface area contributed by atoms with Gasteiger partial charge in [0, 0.05) is 11.4 Å². The maximum absolute atomic E-state index is 11.9. The van der Waals surface area contributed by atoms with E-state index in [1.807, 2.05) is 37.4 Å². The minimum Gasteiger partial charge on any atom is -0.436 e. The molecule has 0 fully saturated rings. The van der Waals surface area contributed by atoms with Crippen LogP contribution in [0, 0.1) is 0 Å². The lowest BCUT2D eigenvalue weighted by Gasteiger charge is -1.95. The summed E-state index contributed by atoms with van der Waals surface area (Å²) in [7, 11) is 0. The van der Waals surface area contributed by atoms with Crippen LogP contribution in [0.2, 0.25) is 0 Å². The molecule has 94 valence electrons. The molecule has 0 bridgehead atoms. The number of oxazole rings is 1. The van der Waals surface area contributed by atoms with E-state index in [9.17, 15) is 4.79 Å². The molecule has 2 rings (SSSR count). The first-order valence-corrected chi connectivity index (χ1v) is 6.92. The molecule has 4 heteroatoms. The summed E-state index contributed by atoms with van der Waals surface area (Å²) in [6.07, 6.45) is 3.77. The van der Waals surface area contributed by atoms with Crippen molar-refractivity contribution in [2.24, 2.45) is 0 Å². The predicted octanol–water partition coefficient (Wildman–Crippen LogP) is 1.42. The summed E-state index contributed by atoms with van der Waals surface area (Å²) in [5, 5.41) is 0. The molecular formula is C14H15NO2S. The number of hydrogen-bond donors (Lipinski definition) is 0. The molecule has 0 radical (unpaired) electrons. The van der Waals surface area contributed by atoms with Crippen LogP contribution in [0.1, 0.15) is 12.5 Å². The maximum atomic E-state index is 11.9. The Morgan fingerprint density at radius 1 is 1.39 bits per heavy atom. The zero-order valence-electron chi connectivity index (χ0n) is 10.5. The highest BCUT2D eigenvalue weighted by Gasteiger charge is 2.02. The van der Waals surface area contributed by atoms with Gasteiger partial charge in [0.05, 0.1) is 0 Å². The summed E-state index contributed by atoms with van der Waals surface area (Å²) >= 11 is 1.68. The summed E-state index contributed by atoms with van der Waals surface area (Å²) in [5.41, 5.74) is 1.55. The van der Waals surface area contributed by atoms with Gasteiger partial charge in [-0.2, -0.15) is 0 Å². The molecule has 0 aliphatic rings. The summed E-state index contributed by atoms with van der Waals surface area (Å²) in [5.74, 6) is 0. The van der Waals surface area contributed by atoms with Crippen molar-refractivity contribution in [3.05, 3.63) is 51.1 Å². The van der Waals surface area contributed by atoms with Gasteiger partial charge in [-0.1, -0.05) is 12.1 Å². The third-order valence-electron chi connectivity index (χ3n) is 2.71. The standard InChI is InChI=1S/C14H15NO2S/c1-4-15-10(2)17-13(14(15)16)9-11-5-7-12(18-3)8-6-11/h5-9H,2,4H2,1,3H3/b13-9+. The molecule has 0 aliphatic carbocycles. The Kier molecular flexibility index (Phi) is 3.77. The molecule has 0 saturated carbocycles. The minimum atomic E-state index is -0.128. The SMILES string of the molecule is C=c1o/c(=C/c2ccc(SC)cc2)c(=O)n1CC. The Hall–Kier alpha value is -1.68. The molecule has 1 heterocycles. The molecule has 0 unspecified atom stereocenters. The molecule has 2 aromatic rings. The van der Waals surface area contributed by atoms with Crippen LogP contribution in [0.4, 0.5) is 0 Å². The molecule has 1 aromatic carbocycles. The van der Waals surface area contributed by atoms with Gasteiger partial charge < -0.3 is 4.42 Å². The minimum absolute atomic E-state index is 0.128. The second-order valence-electron chi connectivity index (χ2n) is 3.83. The Morgan fingerprint density at radius 2 is 2.06 bits per heavy atom. The van der Waals surface area contributed by atoms with Gasteiger partial charge in [0.1, 0.15) is 0 Å². The zero-order valence-corrected chi connectivity index (χ0v) is 11.3. The van der Waals surface area contributed by atoms with E-state index in [2.05, 4.69) is 6.58 Å². The lowest BCUT2D eigenvalue weighted by Crippen LogP contribution is -2.30. The van der Waals surface area contributed by atoms with Gasteiger partial charge in [0.25, 0.3) is 5.56 Å². The summed E-state index contributed by atoms with van der Waals surface area (Å²) < 4.78 is 6.89. The average molecular weight is 261 g/mol. The van der Waals surface area contributed by atoms with E-state index < -0.39 is 0 Å². The number of benzene rings is 1. The quantitative estimate of drug-likeness (QED) is 0.784. The molecule has 0 spiro atoms. The van der Waals surface area contributed by atoms with E-state index in [1.54, 1.807) is 17.8 Å². The van der Waals surface area contributed by atoms with Crippen molar-refractivity contribution in [3.63, 3.8) is 0 Å². The van der Waals surface area contributed by atoms with E-state index in [0.29, 0.717) is 17.5 Å². The largest absolute Gasteiger partial charge is 0.436 e. The van der Waals surface area contributed by atoms with Crippen LogP contribution in [0.15, 0.2) is 38.4 Å². The third kappa shape index (κ3) is 2.43. The lowest BCUT2D eigenvalue weighted by atomic mass is 10.2. The molecule has 0 saturated heterocycles. The van der Waals surface area contributed by atoms with Crippen LogP contribution >= 0.6 is 11.8 Å². The summed E-state index contributed by atoms with van der Waals surface area (Å²) in [4.78, 5) is 13.1. The van der Waals surface area contributed by atoms with E-state index in [-0.39, 0.29) is 5.56 Å². The van der Waals surface area contributed by atoms with Gasteiger partial charge >= 0.3 is 0 Å². The van der Waals surface area contributed by atoms with Crippen LogP contribution in [0.25, 0.3) is 12.7 Å². The maximum Gasteiger partial charge on any atom is 0.296 e. The highest BCUT2D eigenvalue weighted by molar-refractivity contribution is 7.98. The normalized spacial score (nSPS) is 12.0. The van der Waals surface area contributed by atoms with Crippen molar-refractivity contribution < 1.29 is 4.42 Å². The molecular weight excluding hydrogens is 246 g/mol. The first-order chi connectivity index (χ1) is 8.65. The fourth-order valence-electron chi connectivity index (χ4n) is 1.73. The van der Waals surface area contributed by atoms with Crippen LogP contribution in [-0.4, -0.2) is 10.8 Å². The summed E-state index contributed by atoms with van der Waals surface area (Å²) in [6.45, 7) is 6.18. The highest BCUT2D eigenvalue weighted by atomic mass is 32.2. The van der Waals surface area contributed by atoms with Gasteiger partial charge in [-0.15, -0.1) is 11.8 Å². The molecule has 0 amide bonds. The van der Waals surface area contributed by atoms with E-state index >= 15 is 0 Å². The second-order valence-corrected chi connectivity index (χ2v) is 4.71. The molecule has 18 heavy (non-hydrogen) atoms. The molecule has 0 aliphatic heterocycles. The van der Waals surface area contributed by atoms with E-state index in [1.165, 1.54) is 9.46 Å². The Bertz CT molecular complexity index is 695. The Labute approximate surface area is 109 Å². The van der Waals surface area contributed by atoms with Crippen molar-refractivity contribution in [2.75, 3.05) is 6.26 Å². The van der Waals surface area contributed by atoms with Crippen LogP contribution in [0.3, 0.4) is 0 Å². The number of aromatic nitrogens is 1. The number of rotatable bonds is 3. The monoisotopic (exact) mass is 261 g/mol. The van der Waals surface area contributed by atoms with Crippen LogP contribution < -0.4 is 16.5 Å². The zero-order chi connectivity index (χ0) is 13.1. The second kappa shape index (κ2) is 5.31. The first-order valence-electron chi connectivity index (χ1n) is 5.70. The lowest BCUT2D eigenvalue weighted by molar-refractivity contribution is 0.469. The van der Waals surface area contributed by atoms with Gasteiger partial charge in [-0.25, -0.2) is 0 Å². The van der Waals surface area contributed by atoms with Gasteiger partial charge in [-0.05, 0) is 43.5 Å². The van der Waals surface area contributed by atoms with Crippen molar-refractivity contribution in [3.8, 4) is 0 Å². The highest BCUT2D eigenvalue weighted by Crippen LogP contribution is 2.14. The number of hydrogen-bond acceptors (Lipinski definition) is 3. The fraction of sp³-hybridized carbons (Fsp3) is 0.214. The number of nitrogens with zero attached hydrogens (tertiary/aromatic N) is 1. The fourth-order valence-corrected chi connectivity index (χ4v) is 2.14. The van der Waals surface area contributed by atoms with Crippen molar-refractivity contribution in [1.82, 2.24) is 4.57 Å². The molecule has 3 nitrogen and oxygen atoms in total. The number of thioether (sulfide) groups is 1. The topological polar surface area (TPSA) is 35.1 Å². The third-order valence-corrected chi connectivity index (χ3v) is 3.46. The smallest absolute Gasteiger partial charge is 0.296 e. The van der Waals surface area contributed by atoms with E-state index in [4.69, 9.17) is 4.42 Å². The van der Waals surface area contributed by atoms with Crippen LogP contribution in [-0.2, 0) is 6.54 Å². The van der Waals surface area contributed by atoms with Gasteiger partial charge in [-0.3, -0.25) is 9.36 Å².